The molecule has 1 rings (SSSR count). The first-order valence-corrected chi connectivity index (χ1v) is 5.81. The molecule has 0 saturated carbocycles. The summed E-state index contributed by atoms with van der Waals surface area (Å²) in [6.45, 7) is 6.08. The zero-order valence-electron chi connectivity index (χ0n) is 9.16. The molecule has 0 fully saturated rings. The predicted molar refractivity (Wildman–Crippen MR) is 70.6 cm³/mol. The summed E-state index contributed by atoms with van der Waals surface area (Å²) in [4.78, 5) is 11.7. The quantitative estimate of drug-likeness (QED) is 0.871. The van der Waals surface area contributed by atoms with Gasteiger partial charge in [-0.05, 0) is 19.1 Å². The molecular weight excluding hydrogens is 268 g/mol. The van der Waals surface area contributed by atoms with Crippen molar-refractivity contribution in [3.05, 3.63) is 41.4 Å². The Morgan fingerprint density at radius 2 is 2.06 bits per heavy atom. The van der Waals surface area contributed by atoms with Gasteiger partial charge in [-0.2, -0.15) is 0 Å². The maximum absolute atomic E-state index is 11.7. The number of hydrogen-bond donors (Lipinski definition) is 2. The highest BCUT2D eigenvalue weighted by Crippen LogP contribution is 2.05. The van der Waals surface area contributed by atoms with Gasteiger partial charge in [-0.15, -0.1) is 0 Å². The van der Waals surface area contributed by atoms with Crippen LogP contribution in [0.4, 0.5) is 5.69 Å². The molecule has 3 nitrogen and oxygen atoms in total. The number of rotatable bonds is 5. The Balaban J connectivity index is 2.43. The monoisotopic (exact) mass is 282 g/mol. The zero-order chi connectivity index (χ0) is 12.0. The normalized spacial score (nSPS) is 11.9. The van der Waals surface area contributed by atoms with Gasteiger partial charge in [-0.25, -0.2) is 0 Å². The second kappa shape index (κ2) is 6.45. The topological polar surface area (TPSA) is 41.1 Å². The van der Waals surface area contributed by atoms with Crippen LogP contribution in [0.2, 0.25) is 0 Å². The van der Waals surface area contributed by atoms with Crippen molar-refractivity contribution in [3.63, 3.8) is 0 Å². The van der Waals surface area contributed by atoms with Crippen molar-refractivity contribution in [3.8, 4) is 0 Å². The van der Waals surface area contributed by atoms with Gasteiger partial charge in [0.25, 0.3) is 0 Å². The molecule has 0 aliphatic heterocycles. The first kappa shape index (κ1) is 12.9. The summed E-state index contributed by atoms with van der Waals surface area (Å²) in [5, 5.41) is 5.86. The number of para-hydroxylation sites is 1. The van der Waals surface area contributed by atoms with E-state index in [1.165, 1.54) is 0 Å². The third-order valence-corrected chi connectivity index (χ3v) is 2.32. The van der Waals surface area contributed by atoms with Crippen LogP contribution in [-0.2, 0) is 4.79 Å². The second-order valence-corrected chi connectivity index (χ2v) is 4.60. The molecule has 0 aromatic heterocycles. The van der Waals surface area contributed by atoms with Gasteiger partial charge in [0.1, 0.15) is 0 Å². The lowest BCUT2D eigenvalue weighted by molar-refractivity contribution is -0.117. The minimum Gasteiger partial charge on any atom is -0.325 e. The molecule has 0 heterocycles. The van der Waals surface area contributed by atoms with Crippen LogP contribution in [0.15, 0.2) is 41.4 Å². The number of benzene rings is 1. The lowest BCUT2D eigenvalue weighted by Gasteiger charge is -2.13. The minimum absolute atomic E-state index is 0.0556. The molecule has 1 unspecified atom stereocenters. The van der Waals surface area contributed by atoms with Gasteiger partial charge in [-0.1, -0.05) is 40.7 Å². The number of halogens is 1. The maximum atomic E-state index is 11.7. The molecule has 2 N–H and O–H groups in total. The van der Waals surface area contributed by atoms with Crippen molar-refractivity contribution in [2.45, 2.75) is 13.0 Å². The van der Waals surface area contributed by atoms with Crippen LogP contribution in [-0.4, -0.2) is 18.5 Å². The van der Waals surface area contributed by atoms with E-state index in [-0.39, 0.29) is 11.9 Å². The number of carbonyl (C=O) groups excluding carboxylic acids is 1. The number of nitrogens with one attached hydrogen (secondary N) is 2. The molecule has 0 aliphatic carbocycles. The number of carbonyl (C=O) groups is 1. The molecule has 86 valence electrons. The first-order chi connectivity index (χ1) is 7.59. The van der Waals surface area contributed by atoms with Gasteiger partial charge < -0.3 is 10.6 Å². The van der Waals surface area contributed by atoms with E-state index in [9.17, 15) is 4.79 Å². The van der Waals surface area contributed by atoms with E-state index in [1.54, 1.807) is 0 Å². The predicted octanol–water partition coefficient (Wildman–Crippen LogP) is 2.51. The molecular formula is C12H15BrN2O. The van der Waals surface area contributed by atoms with Gasteiger partial charge in [0.15, 0.2) is 0 Å². The summed E-state index contributed by atoms with van der Waals surface area (Å²) >= 11 is 3.23. The van der Waals surface area contributed by atoms with E-state index in [2.05, 4.69) is 33.1 Å². The fourth-order valence-electron chi connectivity index (χ4n) is 1.13. The third-order valence-electron chi connectivity index (χ3n) is 2.03. The summed E-state index contributed by atoms with van der Waals surface area (Å²) in [5.74, 6) is -0.0556. The van der Waals surface area contributed by atoms with Crippen LogP contribution in [0.25, 0.3) is 0 Å². The van der Waals surface area contributed by atoms with E-state index >= 15 is 0 Å². The smallest absolute Gasteiger partial charge is 0.241 e. The largest absolute Gasteiger partial charge is 0.325 e. The second-order valence-electron chi connectivity index (χ2n) is 3.48. The molecule has 0 radical (unpaired) electrons. The van der Waals surface area contributed by atoms with Crippen LogP contribution in [0.3, 0.4) is 0 Å². The minimum atomic E-state index is -0.255. The fourth-order valence-corrected chi connectivity index (χ4v) is 1.29. The van der Waals surface area contributed by atoms with Crippen LogP contribution < -0.4 is 10.6 Å². The molecule has 1 aromatic carbocycles. The molecule has 1 amide bonds. The lowest BCUT2D eigenvalue weighted by atomic mass is 10.2. The maximum Gasteiger partial charge on any atom is 0.241 e. The van der Waals surface area contributed by atoms with E-state index < -0.39 is 0 Å². The van der Waals surface area contributed by atoms with Crippen molar-refractivity contribution in [1.29, 1.82) is 0 Å². The Morgan fingerprint density at radius 1 is 1.44 bits per heavy atom. The van der Waals surface area contributed by atoms with Crippen molar-refractivity contribution in [1.82, 2.24) is 5.32 Å². The number of amides is 1. The van der Waals surface area contributed by atoms with Gasteiger partial charge in [0, 0.05) is 16.7 Å². The molecule has 16 heavy (non-hydrogen) atoms. The standard InChI is InChI=1S/C12H15BrN2O/c1-9(13)8-14-10(2)12(16)15-11-6-4-3-5-7-11/h3-7,10,14H,1,8H2,2H3,(H,15,16). The summed E-state index contributed by atoms with van der Waals surface area (Å²) in [7, 11) is 0. The van der Waals surface area contributed by atoms with E-state index in [0.29, 0.717) is 6.54 Å². The highest BCUT2D eigenvalue weighted by atomic mass is 79.9. The number of anilines is 1. The van der Waals surface area contributed by atoms with Crippen LogP contribution in [0.1, 0.15) is 6.92 Å². The highest BCUT2D eigenvalue weighted by Gasteiger charge is 2.11. The van der Waals surface area contributed by atoms with Gasteiger partial charge in [-0.3, -0.25) is 4.79 Å². The van der Waals surface area contributed by atoms with Crippen molar-refractivity contribution < 1.29 is 4.79 Å². The molecule has 0 spiro atoms. The fraction of sp³-hybridized carbons (Fsp3) is 0.250. The summed E-state index contributed by atoms with van der Waals surface area (Å²) in [5.41, 5.74) is 0.804. The Labute approximate surface area is 104 Å². The molecule has 0 aliphatic rings. The summed E-state index contributed by atoms with van der Waals surface area (Å²) in [6.07, 6.45) is 0. The Morgan fingerprint density at radius 3 is 2.62 bits per heavy atom. The first-order valence-electron chi connectivity index (χ1n) is 5.02. The molecule has 4 heteroatoms. The van der Waals surface area contributed by atoms with Crippen molar-refractivity contribution >= 4 is 27.5 Å². The van der Waals surface area contributed by atoms with Crippen LogP contribution in [0, 0.1) is 0 Å². The summed E-state index contributed by atoms with van der Waals surface area (Å²) in [6, 6.07) is 9.13. The van der Waals surface area contributed by atoms with E-state index in [4.69, 9.17) is 0 Å². The van der Waals surface area contributed by atoms with Gasteiger partial charge in [0.05, 0.1) is 6.04 Å². The SMILES string of the molecule is C=C(Br)CNC(C)C(=O)Nc1ccccc1. The van der Waals surface area contributed by atoms with Crippen LogP contribution >= 0.6 is 15.9 Å². The molecule has 0 saturated heterocycles. The Hall–Kier alpha value is -1.13. The Kier molecular flexibility index (Phi) is 5.22. The van der Waals surface area contributed by atoms with Gasteiger partial charge >= 0.3 is 0 Å². The van der Waals surface area contributed by atoms with E-state index in [1.807, 2.05) is 37.3 Å². The molecule has 0 bridgehead atoms. The molecule has 1 atom stereocenters. The molecule has 1 aromatic rings. The zero-order valence-corrected chi connectivity index (χ0v) is 10.8. The number of hydrogen-bond acceptors (Lipinski definition) is 2. The van der Waals surface area contributed by atoms with E-state index in [0.717, 1.165) is 10.2 Å². The summed E-state index contributed by atoms with van der Waals surface area (Å²) < 4.78 is 0.826. The lowest BCUT2D eigenvalue weighted by Crippen LogP contribution is -2.38. The average molecular weight is 283 g/mol. The van der Waals surface area contributed by atoms with Gasteiger partial charge in [0.2, 0.25) is 5.91 Å². The average Bonchev–Trinajstić information content (AvgIpc) is 2.27. The van der Waals surface area contributed by atoms with Crippen LogP contribution in [0.5, 0.6) is 0 Å². The van der Waals surface area contributed by atoms with Crippen molar-refractivity contribution in [2.24, 2.45) is 0 Å². The highest BCUT2D eigenvalue weighted by molar-refractivity contribution is 9.11. The third kappa shape index (κ3) is 4.59. The van der Waals surface area contributed by atoms with Crippen molar-refractivity contribution in [2.75, 3.05) is 11.9 Å². The Bertz CT molecular complexity index is 365.